The monoisotopic (exact) mass is 318 g/mol. The number of aliphatic hydroxyl groups is 1. The quantitative estimate of drug-likeness (QED) is 0.841. The highest BCUT2D eigenvalue weighted by atomic mass is 16.9. The van der Waals surface area contributed by atoms with Crippen molar-refractivity contribution in [1.29, 1.82) is 0 Å². The molecule has 3 saturated heterocycles. The van der Waals surface area contributed by atoms with Crippen molar-refractivity contribution in [2.75, 3.05) is 18.0 Å². The number of benzene rings is 1. The van der Waals surface area contributed by atoms with Gasteiger partial charge in [0.15, 0.2) is 0 Å². The molecule has 0 aliphatic carbocycles. The van der Waals surface area contributed by atoms with E-state index in [4.69, 9.17) is 9.57 Å². The Hall–Kier alpha value is -1.79. The Balaban J connectivity index is 1.65. The minimum Gasteiger partial charge on any atom is -0.397 e. The lowest BCUT2D eigenvalue weighted by Gasteiger charge is -2.49. The van der Waals surface area contributed by atoms with Crippen molar-refractivity contribution in [2.45, 2.75) is 45.1 Å². The SMILES string of the molecule is CC(C)(C)Cc1ccccc1N1C[C@H]2[C@@H]1C1(O)CN2OC(=O)O1. The Morgan fingerprint density at radius 2 is 2.09 bits per heavy atom. The molecule has 0 spiro atoms. The number of anilines is 1. The number of carbonyl (C=O) groups is 1. The van der Waals surface area contributed by atoms with Crippen molar-refractivity contribution < 1.29 is 19.5 Å². The van der Waals surface area contributed by atoms with Gasteiger partial charge in [0, 0.05) is 12.2 Å². The number of hydroxylamine groups is 2. The van der Waals surface area contributed by atoms with Gasteiger partial charge in [0.1, 0.15) is 12.6 Å². The Morgan fingerprint density at radius 3 is 2.83 bits per heavy atom. The van der Waals surface area contributed by atoms with E-state index >= 15 is 0 Å². The molecule has 0 saturated carbocycles. The zero-order valence-corrected chi connectivity index (χ0v) is 13.7. The lowest BCUT2D eigenvalue weighted by Crippen LogP contribution is -2.67. The molecule has 1 N–H and O–H groups in total. The van der Waals surface area contributed by atoms with Gasteiger partial charge in [-0.25, -0.2) is 4.79 Å². The molecule has 3 aliphatic heterocycles. The number of ether oxygens (including phenoxy) is 1. The summed E-state index contributed by atoms with van der Waals surface area (Å²) in [5.74, 6) is -1.49. The number of fused-ring (bicyclic) bond motifs is 5. The molecule has 3 heterocycles. The molecule has 3 aliphatic rings. The highest BCUT2D eigenvalue weighted by Crippen LogP contribution is 2.46. The Morgan fingerprint density at radius 1 is 1.35 bits per heavy atom. The van der Waals surface area contributed by atoms with E-state index in [1.165, 1.54) is 5.56 Å². The van der Waals surface area contributed by atoms with Crippen molar-refractivity contribution in [3.63, 3.8) is 0 Å². The van der Waals surface area contributed by atoms with E-state index < -0.39 is 11.9 Å². The first-order chi connectivity index (χ1) is 10.8. The summed E-state index contributed by atoms with van der Waals surface area (Å²) in [6, 6.07) is 7.94. The van der Waals surface area contributed by atoms with Gasteiger partial charge < -0.3 is 19.6 Å². The van der Waals surface area contributed by atoms with E-state index in [1.807, 2.05) is 12.1 Å². The molecule has 6 heteroatoms. The maximum Gasteiger partial charge on any atom is 0.530 e. The van der Waals surface area contributed by atoms with Crippen LogP contribution in [0.3, 0.4) is 0 Å². The second-order valence-corrected chi connectivity index (χ2v) is 7.89. The molecule has 0 radical (unpaired) electrons. The summed E-state index contributed by atoms with van der Waals surface area (Å²) in [5.41, 5.74) is 2.51. The average molecular weight is 318 g/mol. The molecule has 4 atom stereocenters. The topological polar surface area (TPSA) is 62.2 Å². The summed E-state index contributed by atoms with van der Waals surface area (Å²) in [6.45, 7) is 7.54. The molecular formula is C17H22N2O4. The molecular weight excluding hydrogens is 296 g/mol. The van der Waals surface area contributed by atoms with Gasteiger partial charge >= 0.3 is 6.16 Å². The first kappa shape index (κ1) is 14.8. The van der Waals surface area contributed by atoms with E-state index in [2.05, 4.69) is 37.8 Å². The number of rotatable bonds is 2. The minimum absolute atomic E-state index is 0.0193. The highest BCUT2D eigenvalue weighted by Gasteiger charge is 2.67. The summed E-state index contributed by atoms with van der Waals surface area (Å²) in [7, 11) is 0. The zero-order valence-electron chi connectivity index (χ0n) is 13.7. The van der Waals surface area contributed by atoms with Gasteiger partial charge in [-0.15, -0.1) is 5.06 Å². The summed E-state index contributed by atoms with van der Waals surface area (Å²) in [6.07, 6.45) is 0.117. The molecule has 1 aromatic carbocycles. The normalized spacial score (nSPS) is 35.2. The Kier molecular flexibility index (Phi) is 2.96. The van der Waals surface area contributed by atoms with Crippen LogP contribution in [0.25, 0.3) is 0 Å². The van der Waals surface area contributed by atoms with Crippen molar-refractivity contribution >= 4 is 11.8 Å². The molecule has 23 heavy (non-hydrogen) atoms. The van der Waals surface area contributed by atoms with Gasteiger partial charge in [-0.3, -0.25) is 0 Å². The van der Waals surface area contributed by atoms with Crippen LogP contribution in [0, 0.1) is 5.41 Å². The maximum atomic E-state index is 11.5. The minimum atomic E-state index is -1.49. The van der Waals surface area contributed by atoms with Crippen molar-refractivity contribution in [3.8, 4) is 0 Å². The second kappa shape index (κ2) is 4.61. The van der Waals surface area contributed by atoms with E-state index in [9.17, 15) is 9.90 Å². The largest absolute Gasteiger partial charge is 0.530 e. The lowest BCUT2D eigenvalue weighted by atomic mass is 9.85. The van der Waals surface area contributed by atoms with Crippen LogP contribution in [0.1, 0.15) is 26.3 Å². The van der Waals surface area contributed by atoms with Gasteiger partial charge in [-0.1, -0.05) is 39.0 Å². The van der Waals surface area contributed by atoms with Gasteiger partial charge in [-0.2, -0.15) is 0 Å². The molecule has 6 nitrogen and oxygen atoms in total. The van der Waals surface area contributed by atoms with Crippen LogP contribution < -0.4 is 4.90 Å². The fourth-order valence-corrected chi connectivity index (χ4v) is 3.92. The van der Waals surface area contributed by atoms with Crippen LogP contribution in [-0.4, -0.2) is 47.3 Å². The average Bonchev–Trinajstić information content (AvgIpc) is 2.51. The highest BCUT2D eigenvalue weighted by molar-refractivity contribution is 5.64. The number of hydrogen-bond donors (Lipinski definition) is 1. The fourth-order valence-electron chi connectivity index (χ4n) is 3.92. The number of carbonyl (C=O) groups excluding carboxylic acids is 1. The molecule has 2 bridgehead atoms. The van der Waals surface area contributed by atoms with Gasteiger partial charge in [0.05, 0.1) is 6.04 Å². The fraction of sp³-hybridized carbons (Fsp3) is 0.588. The predicted molar refractivity (Wildman–Crippen MR) is 83.7 cm³/mol. The lowest BCUT2D eigenvalue weighted by molar-refractivity contribution is -0.246. The van der Waals surface area contributed by atoms with Crippen molar-refractivity contribution in [1.82, 2.24) is 5.06 Å². The maximum absolute atomic E-state index is 11.5. The van der Waals surface area contributed by atoms with Crippen molar-refractivity contribution in [2.24, 2.45) is 5.41 Å². The third-order valence-corrected chi connectivity index (χ3v) is 4.77. The summed E-state index contributed by atoms with van der Waals surface area (Å²) < 4.78 is 5.10. The van der Waals surface area contributed by atoms with Crippen LogP contribution in [0.5, 0.6) is 0 Å². The van der Waals surface area contributed by atoms with E-state index in [0.717, 1.165) is 12.1 Å². The van der Waals surface area contributed by atoms with Crippen LogP contribution >= 0.6 is 0 Å². The van der Waals surface area contributed by atoms with E-state index in [0.29, 0.717) is 6.54 Å². The van der Waals surface area contributed by atoms with Crippen molar-refractivity contribution in [3.05, 3.63) is 29.8 Å². The molecule has 3 fully saturated rings. The summed E-state index contributed by atoms with van der Waals surface area (Å²) >= 11 is 0. The molecule has 0 amide bonds. The second-order valence-electron chi connectivity index (χ2n) is 7.89. The number of nitrogens with zero attached hydrogens (tertiary/aromatic N) is 2. The Bertz CT molecular complexity index is 656. The van der Waals surface area contributed by atoms with Crippen LogP contribution in [-0.2, 0) is 16.0 Å². The molecule has 1 aromatic rings. The number of para-hydroxylation sites is 1. The molecule has 4 rings (SSSR count). The third-order valence-electron chi connectivity index (χ3n) is 4.77. The first-order valence-electron chi connectivity index (χ1n) is 8.01. The number of hydrogen-bond acceptors (Lipinski definition) is 6. The first-order valence-corrected chi connectivity index (χ1v) is 8.01. The van der Waals surface area contributed by atoms with Gasteiger partial charge in [0.25, 0.3) is 5.79 Å². The van der Waals surface area contributed by atoms with E-state index in [1.54, 1.807) is 5.06 Å². The summed E-state index contributed by atoms with van der Waals surface area (Å²) in [4.78, 5) is 18.7. The predicted octanol–water partition coefficient (Wildman–Crippen LogP) is 1.92. The van der Waals surface area contributed by atoms with E-state index in [-0.39, 0.29) is 24.0 Å². The molecule has 124 valence electrons. The Labute approximate surface area is 135 Å². The van der Waals surface area contributed by atoms with Crippen LogP contribution in [0.4, 0.5) is 10.5 Å². The smallest absolute Gasteiger partial charge is 0.397 e. The van der Waals surface area contributed by atoms with Crippen LogP contribution in [0.2, 0.25) is 0 Å². The zero-order chi connectivity index (χ0) is 16.4. The summed E-state index contributed by atoms with van der Waals surface area (Å²) in [5, 5.41) is 12.3. The van der Waals surface area contributed by atoms with Gasteiger partial charge in [-0.05, 0) is 23.5 Å². The standard InChI is InChI=1S/C17H22N2O4/c1-16(2,3)8-11-6-4-5-7-12(11)18-9-13-14(18)17(21)10-19(13)23-15(20)22-17/h4-7,13-14,21H,8-10H2,1-3H3/t13-,14+,17?/m0/s1. The van der Waals surface area contributed by atoms with Crippen LogP contribution in [0.15, 0.2) is 24.3 Å². The van der Waals surface area contributed by atoms with Gasteiger partial charge in [0.2, 0.25) is 0 Å². The molecule has 2 unspecified atom stereocenters. The molecule has 0 aromatic heterocycles. The third kappa shape index (κ3) is 2.28.